The first kappa shape index (κ1) is 20.6. The van der Waals surface area contributed by atoms with Gasteiger partial charge in [-0.1, -0.05) is 33.1 Å². The number of aryl methyl sites for hydroxylation is 1. The number of carbonyl (C=O) groups excluding carboxylic acids is 1. The number of anilines is 2. The first-order chi connectivity index (χ1) is 12.5. The Morgan fingerprint density at radius 3 is 2.54 bits per heavy atom. The maximum atomic E-state index is 12.2. The van der Waals surface area contributed by atoms with E-state index in [-0.39, 0.29) is 6.03 Å². The van der Waals surface area contributed by atoms with E-state index in [1.165, 1.54) is 24.9 Å². The van der Waals surface area contributed by atoms with Crippen LogP contribution in [-0.4, -0.2) is 50.7 Å². The SMILES string of the molecule is CCCC[C@H](CC)CNC(=O)Nc1ccc(N2CCN(C)CC2)cc1C. The fourth-order valence-electron chi connectivity index (χ4n) is 3.40. The molecule has 2 amide bonds. The largest absolute Gasteiger partial charge is 0.369 e. The molecule has 1 fully saturated rings. The molecule has 0 aliphatic carbocycles. The molecule has 5 nitrogen and oxygen atoms in total. The predicted octanol–water partition coefficient (Wildman–Crippen LogP) is 4.08. The highest BCUT2D eigenvalue weighted by molar-refractivity contribution is 5.90. The normalized spacial score (nSPS) is 16.4. The second kappa shape index (κ2) is 10.4. The third-order valence-corrected chi connectivity index (χ3v) is 5.42. The van der Waals surface area contributed by atoms with Crippen molar-refractivity contribution in [1.29, 1.82) is 0 Å². The minimum Gasteiger partial charge on any atom is -0.369 e. The number of urea groups is 1. The lowest BCUT2D eigenvalue weighted by Crippen LogP contribution is -2.44. The van der Waals surface area contributed by atoms with Gasteiger partial charge in [0.15, 0.2) is 0 Å². The fourth-order valence-corrected chi connectivity index (χ4v) is 3.40. The van der Waals surface area contributed by atoms with Crippen LogP contribution < -0.4 is 15.5 Å². The fraction of sp³-hybridized carbons (Fsp3) is 0.667. The summed E-state index contributed by atoms with van der Waals surface area (Å²) in [6.45, 7) is 11.5. The van der Waals surface area contributed by atoms with Crippen LogP contribution in [0.4, 0.5) is 16.2 Å². The van der Waals surface area contributed by atoms with Crippen LogP contribution in [0.15, 0.2) is 18.2 Å². The highest BCUT2D eigenvalue weighted by Crippen LogP contribution is 2.23. The Morgan fingerprint density at radius 1 is 1.19 bits per heavy atom. The number of hydrogen-bond donors (Lipinski definition) is 2. The number of rotatable bonds is 8. The molecule has 26 heavy (non-hydrogen) atoms. The number of benzene rings is 1. The van der Waals surface area contributed by atoms with Crippen molar-refractivity contribution in [3.05, 3.63) is 23.8 Å². The summed E-state index contributed by atoms with van der Waals surface area (Å²) in [5.74, 6) is 0.571. The Hall–Kier alpha value is -1.75. The zero-order valence-electron chi connectivity index (χ0n) is 17.0. The van der Waals surface area contributed by atoms with Gasteiger partial charge in [0.05, 0.1) is 0 Å². The van der Waals surface area contributed by atoms with Crippen LogP contribution in [0.5, 0.6) is 0 Å². The van der Waals surface area contributed by atoms with E-state index in [9.17, 15) is 4.79 Å². The van der Waals surface area contributed by atoms with Crippen molar-refractivity contribution in [2.24, 2.45) is 5.92 Å². The Morgan fingerprint density at radius 2 is 1.92 bits per heavy atom. The first-order valence-corrected chi connectivity index (χ1v) is 10.1. The molecule has 0 spiro atoms. The van der Waals surface area contributed by atoms with Gasteiger partial charge >= 0.3 is 6.03 Å². The van der Waals surface area contributed by atoms with Crippen molar-refractivity contribution in [2.45, 2.75) is 46.5 Å². The monoisotopic (exact) mass is 360 g/mol. The average Bonchev–Trinajstić information content (AvgIpc) is 2.64. The van der Waals surface area contributed by atoms with Gasteiger partial charge in [0.25, 0.3) is 0 Å². The van der Waals surface area contributed by atoms with E-state index in [2.05, 4.69) is 60.4 Å². The molecule has 0 saturated carbocycles. The van der Waals surface area contributed by atoms with Gasteiger partial charge in [-0.2, -0.15) is 0 Å². The van der Waals surface area contributed by atoms with Gasteiger partial charge in [-0.15, -0.1) is 0 Å². The molecule has 1 aromatic rings. The molecular weight excluding hydrogens is 324 g/mol. The number of hydrogen-bond acceptors (Lipinski definition) is 3. The van der Waals surface area contributed by atoms with Crippen LogP contribution >= 0.6 is 0 Å². The number of likely N-dealkylation sites (N-methyl/N-ethyl adjacent to an activating group) is 1. The van der Waals surface area contributed by atoms with Crippen LogP contribution in [0.25, 0.3) is 0 Å². The third kappa shape index (κ3) is 6.20. The highest BCUT2D eigenvalue weighted by Gasteiger charge is 2.15. The molecule has 0 bridgehead atoms. The minimum absolute atomic E-state index is 0.101. The van der Waals surface area contributed by atoms with E-state index >= 15 is 0 Å². The molecule has 146 valence electrons. The Kier molecular flexibility index (Phi) is 8.23. The van der Waals surface area contributed by atoms with E-state index in [0.717, 1.165) is 50.4 Å². The second-order valence-corrected chi connectivity index (χ2v) is 7.54. The van der Waals surface area contributed by atoms with Crippen molar-refractivity contribution >= 4 is 17.4 Å². The number of unbranched alkanes of at least 4 members (excludes halogenated alkanes) is 1. The van der Waals surface area contributed by atoms with Gasteiger partial charge in [0.1, 0.15) is 0 Å². The molecule has 2 N–H and O–H groups in total. The molecule has 1 aromatic carbocycles. The lowest BCUT2D eigenvalue weighted by Gasteiger charge is -2.34. The summed E-state index contributed by atoms with van der Waals surface area (Å²) >= 11 is 0. The van der Waals surface area contributed by atoms with Crippen molar-refractivity contribution < 1.29 is 4.79 Å². The Labute approximate surface area is 159 Å². The molecule has 1 heterocycles. The summed E-state index contributed by atoms with van der Waals surface area (Å²) in [5, 5.41) is 6.04. The number of carbonyl (C=O) groups is 1. The molecule has 0 radical (unpaired) electrons. The highest BCUT2D eigenvalue weighted by atomic mass is 16.2. The van der Waals surface area contributed by atoms with Gasteiger partial charge in [0, 0.05) is 44.1 Å². The zero-order valence-corrected chi connectivity index (χ0v) is 17.0. The van der Waals surface area contributed by atoms with Gasteiger partial charge < -0.3 is 20.4 Å². The topological polar surface area (TPSA) is 47.6 Å². The molecule has 0 aromatic heterocycles. The lowest BCUT2D eigenvalue weighted by molar-refractivity contribution is 0.249. The Bertz CT molecular complexity index is 567. The number of piperazine rings is 1. The predicted molar refractivity (Wildman–Crippen MR) is 111 cm³/mol. The number of nitrogens with one attached hydrogen (secondary N) is 2. The van der Waals surface area contributed by atoms with Gasteiger partial charge in [0.2, 0.25) is 0 Å². The van der Waals surface area contributed by atoms with Crippen molar-refractivity contribution in [3.63, 3.8) is 0 Å². The summed E-state index contributed by atoms with van der Waals surface area (Å²) in [5.41, 5.74) is 3.24. The molecule has 1 atom stereocenters. The van der Waals surface area contributed by atoms with Gasteiger partial charge in [-0.05, 0) is 50.1 Å². The van der Waals surface area contributed by atoms with Crippen LogP contribution in [0.1, 0.15) is 45.1 Å². The average molecular weight is 361 g/mol. The van der Waals surface area contributed by atoms with Crippen LogP contribution in [-0.2, 0) is 0 Å². The first-order valence-electron chi connectivity index (χ1n) is 10.1. The van der Waals surface area contributed by atoms with Crippen LogP contribution in [0, 0.1) is 12.8 Å². The van der Waals surface area contributed by atoms with E-state index in [1.807, 2.05) is 6.07 Å². The Balaban J connectivity index is 1.86. The maximum Gasteiger partial charge on any atom is 0.319 e. The molecule has 1 aliphatic heterocycles. The standard InChI is InChI=1S/C21H36N4O/c1-5-7-8-18(6-2)16-22-21(26)23-20-10-9-19(15-17(20)3)25-13-11-24(4)12-14-25/h9-10,15,18H,5-8,11-14,16H2,1-4H3,(H2,22,23,26)/t18-/m0/s1. The summed E-state index contributed by atoms with van der Waals surface area (Å²) in [6.07, 6.45) is 4.74. The van der Waals surface area contributed by atoms with E-state index in [0.29, 0.717) is 5.92 Å². The van der Waals surface area contributed by atoms with E-state index < -0.39 is 0 Å². The molecular formula is C21H36N4O. The lowest BCUT2D eigenvalue weighted by atomic mass is 9.99. The quantitative estimate of drug-likeness (QED) is 0.734. The second-order valence-electron chi connectivity index (χ2n) is 7.54. The summed E-state index contributed by atoms with van der Waals surface area (Å²) < 4.78 is 0. The minimum atomic E-state index is -0.101. The van der Waals surface area contributed by atoms with Crippen molar-refractivity contribution in [2.75, 3.05) is 50.0 Å². The van der Waals surface area contributed by atoms with Crippen molar-refractivity contribution in [1.82, 2.24) is 10.2 Å². The van der Waals surface area contributed by atoms with Crippen LogP contribution in [0.3, 0.4) is 0 Å². The summed E-state index contributed by atoms with van der Waals surface area (Å²) in [7, 11) is 2.17. The number of nitrogens with zero attached hydrogens (tertiary/aromatic N) is 2. The summed E-state index contributed by atoms with van der Waals surface area (Å²) in [6, 6.07) is 6.22. The smallest absolute Gasteiger partial charge is 0.319 e. The van der Waals surface area contributed by atoms with E-state index in [1.54, 1.807) is 0 Å². The molecule has 5 heteroatoms. The molecule has 0 unspecified atom stereocenters. The van der Waals surface area contributed by atoms with Gasteiger partial charge in [-0.3, -0.25) is 0 Å². The summed E-state index contributed by atoms with van der Waals surface area (Å²) in [4.78, 5) is 17.0. The molecule has 1 aliphatic rings. The molecule has 2 rings (SSSR count). The number of amides is 2. The van der Waals surface area contributed by atoms with E-state index in [4.69, 9.17) is 0 Å². The van der Waals surface area contributed by atoms with Gasteiger partial charge in [-0.25, -0.2) is 4.79 Å². The molecule has 1 saturated heterocycles. The third-order valence-electron chi connectivity index (χ3n) is 5.42. The van der Waals surface area contributed by atoms with Crippen molar-refractivity contribution in [3.8, 4) is 0 Å². The zero-order chi connectivity index (χ0) is 18.9. The van der Waals surface area contributed by atoms with Crippen LogP contribution in [0.2, 0.25) is 0 Å². The maximum absolute atomic E-state index is 12.2.